The number of carbonyl (C=O) groups excluding carboxylic acids is 1. The van der Waals surface area contributed by atoms with Crippen LogP contribution in [0.3, 0.4) is 0 Å². The van der Waals surface area contributed by atoms with Crippen molar-refractivity contribution in [3.63, 3.8) is 0 Å². The van der Waals surface area contributed by atoms with E-state index in [0.717, 1.165) is 28.6 Å². The van der Waals surface area contributed by atoms with Gasteiger partial charge >= 0.3 is 0 Å². The summed E-state index contributed by atoms with van der Waals surface area (Å²) in [6.07, 6.45) is 2.39. The van der Waals surface area contributed by atoms with Gasteiger partial charge in [-0.05, 0) is 66.0 Å². The van der Waals surface area contributed by atoms with E-state index in [1.54, 1.807) is 0 Å². The highest BCUT2D eigenvalue weighted by Crippen LogP contribution is 2.22. The highest BCUT2D eigenvalue weighted by molar-refractivity contribution is 9.11. The maximum absolute atomic E-state index is 12.0. The quantitative estimate of drug-likeness (QED) is 0.852. The third kappa shape index (κ3) is 3.80. The van der Waals surface area contributed by atoms with Gasteiger partial charge in [0.25, 0.3) is 5.91 Å². The molecule has 1 fully saturated rings. The van der Waals surface area contributed by atoms with Crippen LogP contribution < -0.4 is 10.6 Å². The van der Waals surface area contributed by atoms with Gasteiger partial charge < -0.3 is 10.6 Å². The molecular weight excluding hydrogens is 360 g/mol. The summed E-state index contributed by atoms with van der Waals surface area (Å²) in [5.41, 5.74) is 0.682. The van der Waals surface area contributed by atoms with Crippen LogP contribution in [0.2, 0.25) is 0 Å². The molecule has 0 aromatic heterocycles. The van der Waals surface area contributed by atoms with Gasteiger partial charge in [0, 0.05) is 15.5 Å². The van der Waals surface area contributed by atoms with Gasteiger partial charge in [-0.3, -0.25) is 4.79 Å². The van der Waals surface area contributed by atoms with E-state index < -0.39 is 0 Å². The molecule has 3 nitrogen and oxygen atoms in total. The maximum atomic E-state index is 12.0. The fourth-order valence-corrected chi connectivity index (χ4v) is 3.33. The van der Waals surface area contributed by atoms with Gasteiger partial charge in [0.15, 0.2) is 0 Å². The third-order valence-electron chi connectivity index (χ3n) is 3.13. The maximum Gasteiger partial charge on any atom is 0.252 e. The second-order valence-electron chi connectivity index (χ2n) is 4.55. The predicted octanol–water partition coefficient (Wildman–Crippen LogP) is 2.94. The lowest BCUT2D eigenvalue weighted by Gasteiger charge is -2.22. The van der Waals surface area contributed by atoms with Crippen molar-refractivity contribution in [2.24, 2.45) is 5.92 Å². The Kier molecular flexibility index (Phi) is 5.21. The van der Waals surface area contributed by atoms with E-state index >= 15 is 0 Å². The van der Waals surface area contributed by atoms with Crippen LogP contribution in [0, 0.1) is 5.92 Å². The first-order valence-corrected chi connectivity index (χ1v) is 7.69. The topological polar surface area (TPSA) is 41.1 Å². The third-order valence-corrected chi connectivity index (χ3v) is 4.28. The molecule has 0 aliphatic carbocycles. The Balaban J connectivity index is 1.90. The SMILES string of the molecule is O=C(NCC1CCCNC1)c1ccc(Br)cc1Br. The van der Waals surface area contributed by atoms with Crippen LogP contribution in [0.25, 0.3) is 0 Å². The summed E-state index contributed by atoms with van der Waals surface area (Å²) in [5.74, 6) is 0.539. The minimum atomic E-state index is -0.0139. The first-order chi connectivity index (χ1) is 8.66. The molecule has 1 aromatic rings. The molecule has 18 heavy (non-hydrogen) atoms. The van der Waals surface area contributed by atoms with Gasteiger partial charge in [-0.25, -0.2) is 0 Å². The standard InChI is InChI=1S/C13H16Br2N2O/c14-10-3-4-11(12(15)6-10)13(18)17-8-9-2-1-5-16-7-9/h3-4,6,9,16H,1-2,5,7-8H2,(H,17,18). The number of piperidine rings is 1. The molecule has 1 aliphatic rings. The van der Waals surface area contributed by atoms with Crippen LogP contribution in [0.4, 0.5) is 0 Å². The molecule has 1 aliphatic heterocycles. The monoisotopic (exact) mass is 374 g/mol. The van der Waals surface area contributed by atoms with Gasteiger partial charge in [-0.15, -0.1) is 0 Å². The number of nitrogens with one attached hydrogen (secondary N) is 2. The van der Waals surface area contributed by atoms with Crippen molar-refractivity contribution in [1.29, 1.82) is 0 Å². The summed E-state index contributed by atoms with van der Waals surface area (Å²) in [5, 5.41) is 6.36. The van der Waals surface area contributed by atoms with Crippen molar-refractivity contribution in [2.45, 2.75) is 12.8 Å². The number of amides is 1. The second kappa shape index (κ2) is 6.68. The number of rotatable bonds is 3. The van der Waals surface area contributed by atoms with Crippen LogP contribution >= 0.6 is 31.9 Å². The van der Waals surface area contributed by atoms with Crippen molar-refractivity contribution >= 4 is 37.8 Å². The zero-order valence-electron chi connectivity index (χ0n) is 10.0. The number of halogens is 2. The molecule has 98 valence electrons. The normalized spacial score (nSPS) is 19.6. The van der Waals surface area contributed by atoms with Crippen LogP contribution in [-0.4, -0.2) is 25.5 Å². The molecule has 1 unspecified atom stereocenters. The molecule has 2 rings (SSSR count). The highest BCUT2D eigenvalue weighted by Gasteiger charge is 2.15. The van der Waals surface area contributed by atoms with Crippen molar-refractivity contribution in [3.8, 4) is 0 Å². The van der Waals surface area contributed by atoms with Crippen LogP contribution in [0.15, 0.2) is 27.1 Å². The average Bonchev–Trinajstić information content (AvgIpc) is 2.37. The Morgan fingerprint density at radius 2 is 2.28 bits per heavy atom. The first-order valence-electron chi connectivity index (χ1n) is 6.11. The van der Waals surface area contributed by atoms with Crippen molar-refractivity contribution < 1.29 is 4.79 Å². The molecular formula is C13H16Br2N2O. The number of hydrogen-bond donors (Lipinski definition) is 2. The number of benzene rings is 1. The molecule has 1 amide bonds. The molecule has 0 bridgehead atoms. The summed E-state index contributed by atoms with van der Waals surface area (Å²) in [4.78, 5) is 12.0. The lowest BCUT2D eigenvalue weighted by molar-refractivity contribution is 0.0944. The van der Waals surface area contributed by atoms with Crippen molar-refractivity contribution in [2.75, 3.05) is 19.6 Å². The first kappa shape index (κ1) is 14.0. The summed E-state index contributed by atoms with van der Waals surface area (Å²) in [6, 6.07) is 5.58. The minimum absolute atomic E-state index is 0.0139. The lowest BCUT2D eigenvalue weighted by Crippen LogP contribution is -2.38. The minimum Gasteiger partial charge on any atom is -0.352 e. The van der Waals surface area contributed by atoms with Crippen LogP contribution in [-0.2, 0) is 0 Å². The molecule has 5 heteroatoms. The van der Waals surface area contributed by atoms with Gasteiger partial charge in [0.1, 0.15) is 0 Å². The zero-order chi connectivity index (χ0) is 13.0. The average molecular weight is 376 g/mol. The summed E-state index contributed by atoms with van der Waals surface area (Å²) >= 11 is 6.79. The van der Waals surface area contributed by atoms with Gasteiger partial charge in [0.2, 0.25) is 0 Å². The summed E-state index contributed by atoms with van der Waals surface area (Å²) in [7, 11) is 0. The van der Waals surface area contributed by atoms with Crippen LogP contribution in [0.1, 0.15) is 23.2 Å². The molecule has 2 N–H and O–H groups in total. The Morgan fingerprint density at radius 1 is 1.44 bits per heavy atom. The van der Waals surface area contributed by atoms with E-state index in [0.29, 0.717) is 11.5 Å². The highest BCUT2D eigenvalue weighted by atomic mass is 79.9. The van der Waals surface area contributed by atoms with E-state index in [1.165, 1.54) is 12.8 Å². The molecule has 0 spiro atoms. The smallest absolute Gasteiger partial charge is 0.252 e. The van der Waals surface area contributed by atoms with E-state index in [9.17, 15) is 4.79 Å². The molecule has 0 radical (unpaired) electrons. The van der Waals surface area contributed by atoms with Gasteiger partial charge in [-0.2, -0.15) is 0 Å². The van der Waals surface area contributed by atoms with E-state index in [1.807, 2.05) is 18.2 Å². The second-order valence-corrected chi connectivity index (χ2v) is 6.32. The number of hydrogen-bond acceptors (Lipinski definition) is 2. The fraction of sp³-hybridized carbons (Fsp3) is 0.462. The van der Waals surface area contributed by atoms with E-state index in [2.05, 4.69) is 42.5 Å². The molecule has 0 saturated carbocycles. The van der Waals surface area contributed by atoms with Gasteiger partial charge in [0.05, 0.1) is 5.56 Å². The zero-order valence-corrected chi connectivity index (χ0v) is 13.2. The molecule has 1 aromatic carbocycles. The predicted molar refractivity (Wildman–Crippen MR) is 79.8 cm³/mol. The Hall–Kier alpha value is -0.390. The summed E-state index contributed by atoms with van der Waals surface area (Å²) < 4.78 is 1.78. The molecule has 1 heterocycles. The molecule has 1 atom stereocenters. The number of carbonyl (C=O) groups is 1. The van der Waals surface area contributed by atoms with Gasteiger partial charge in [-0.1, -0.05) is 15.9 Å². The fourth-order valence-electron chi connectivity index (χ4n) is 2.10. The molecule has 1 saturated heterocycles. The van der Waals surface area contributed by atoms with Crippen molar-refractivity contribution in [1.82, 2.24) is 10.6 Å². The Morgan fingerprint density at radius 3 is 2.94 bits per heavy atom. The summed E-state index contributed by atoms with van der Waals surface area (Å²) in [6.45, 7) is 2.85. The Bertz CT molecular complexity index is 431. The largest absolute Gasteiger partial charge is 0.352 e. The van der Waals surface area contributed by atoms with E-state index in [4.69, 9.17) is 0 Å². The Labute approximate surface area is 124 Å². The van der Waals surface area contributed by atoms with Crippen molar-refractivity contribution in [3.05, 3.63) is 32.7 Å². The van der Waals surface area contributed by atoms with Crippen LogP contribution in [0.5, 0.6) is 0 Å². The van der Waals surface area contributed by atoms with E-state index in [-0.39, 0.29) is 5.91 Å². The lowest BCUT2D eigenvalue weighted by atomic mass is 10.00.